The summed E-state index contributed by atoms with van der Waals surface area (Å²) < 4.78 is 33.1. The molecule has 6 nitrogen and oxygen atoms in total. The number of halogens is 1. The molecule has 2 rings (SSSR count). The predicted molar refractivity (Wildman–Crippen MR) is 74.7 cm³/mol. The molecule has 102 valence electrons. The Morgan fingerprint density at radius 2 is 2.21 bits per heavy atom. The number of sulfonamides is 1. The molecule has 0 aliphatic rings. The lowest BCUT2D eigenvalue weighted by molar-refractivity contribution is 0.527. The second kappa shape index (κ2) is 4.95. The molecule has 0 amide bonds. The number of nitrogens with zero attached hydrogens (tertiary/aromatic N) is 1. The number of hydrogen-bond donors (Lipinski definition) is 1. The smallest absolute Gasteiger partial charge is 0.408 e. The zero-order valence-electron chi connectivity index (χ0n) is 10.0. The highest BCUT2D eigenvalue weighted by atomic mass is 79.9. The SMILES string of the molecule is C=C(Br)CNS(=O)(=O)c1ccc2c(c1)oc(=O)n2C. The highest BCUT2D eigenvalue weighted by molar-refractivity contribution is 9.11. The van der Waals surface area contributed by atoms with E-state index < -0.39 is 15.8 Å². The summed E-state index contributed by atoms with van der Waals surface area (Å²) in [6.45, 7) is 3.63. The van der Waals surface area contributed by atoms with E-state index in [0.717, 1.165) is 0 Å². The largest absolute Gasteiger partial charge is 0.419 e. The van der Waals surface area contributed by atoms with Crippen molar-refractivity contribution in [3.05, 3.63) is 39.8 Å². The van der Waals surface area contributed by atoms with Gasteiger partial charge in [0.15, 0.2) is 5.58 Å². The van der Waals surface area contributed by atoms with Crippen LogP contribution in [0.5, 0.6) is 0 Å². The third-order valence-corrected chi connectivity index (χ3v) is 4.21. The van der Waals surface area contributed by atoms with E-state index in [0.29, 0.717) is 10.00 Å². The number of rotatable bonds is 4. The predicted octanol–water partition coefficient (Wildman–Crippen LogP) is 1.32. The molecule has 0 aliphatic carbocycles. The van der Waals surface area contributed by atoms with Crippen molar-refractivity contribution in [1.82, 2.24) is 9.29 Å². The first-order chi connectivity index (χ1) is 8.81. The van der Waals surface area contributed by atoms with E-state index >= 15 is 0 Å². The molecule has 0 spiro atoms. The maximum Gasteiger partial charge on any atom is 0.419 e. The third kappa shape index (κ3) is 2.80. The number of aromatic nitrogens is 1. The van der Waals surface area contributed by atoms with Crippen LogP contribution in [0.2, 0.25) is 0 Å². The Bertz CT molecular complexity index is 804. The van der Waals surface area contributed by atoms with Crippen LogP contribution in [0.1, 0.15) is 0 Å². The normalized spacial score (nSPS) is 11.9. The van der Waals surface area contributed by atoms with E-state index in [2.05, 4.69) is 27.2 Å². The van der Waals surface area contributed by atoms with Gasteiger partial charge in [0.25, 0.3) is 0 Å². The Hall–Kier alpha value is -1.38. The molecule has 0 saturated heterocycles. The Morgan fingerprint density at radius 1 is 1.53 bits per heavy atom. The van der Waals surface area contributed by atoms with Crippen LogP contribution in [-0.2, 0) is 17.1 Å². The lowest BCUT2D eigenvalue weighted by Gasteiger charge is -2.05. The van der Waals surface area contributed by atoms with Gasteiger partial charge < -0.3 is 4.42 Å². The van der Waals surface area contributed by atoms with Gasteiger partial charge in [-0.1, -0.05) is 22.5 Å². The summed E-state index contributed by atoms with van der Waals surface area (Å²) in [5.41, 5.74) is 0.766. The minimum atomic E-state index is -3.66. The van der Waals surface area contributed by atoms with Gasteiger partial charge in [-0.2, -0.15) is 0 Å². The molecule has 1 aromatic carbocycles. The van der Waals surface area contributed by atoms with Gasteiger partial charge in [0.05, 0.1) is 10.4 Å². The highest BCUT2D eigenvalue weighted by Crippen LogP contribution is 2.18. The first-order valence-corrected chi connectivity index (χ1v) is 7.51. The second-order valence-electron chi connectivity index (χ2n) is 3.90. The van der Waals surface area contributed by atoms with Crippen molar-refractivity contribution in [2.45, 2.75) is 4.90 Å². The quantitative estimate of drug-likeness (QED) is 0.905. The summed E-state index contributed by atoms with van der Waals surface area (Å²) in [6, 6.07) is 4.25. The molecule has 19 heavy (non-hydrogen) atoms. The molecular weight excluding hydrogens is 336 g/mol. The number of oxazole rings is 1. The van der Waals surface area contributed by atoms with E-state index in [1.807, 2.05) is 0 Å². The fourth-order valence-corrected chi connectivity index (χ4v) is 2.90. The first kappa shape index (κ1) is 14.0. The summed E-state index contributed by atoms with van der Waals surface area (Å²) in [5.74, 6) is -0.536. The zero-order valence-corrected chi connectivity index (χ0v) is 12.4. The molecule has 1 aromatic heterocycles. The minimum absolute atomic E-state index is 0.0306. The number of nitrogens with one attached hydrogen (secondary N) is 1. The fraction of sp³-hybridized carbons (Fsp3) is 0.182. The minimum Gasteiger partial charge on any atom is -0.408 e. The van der Waals surface area contributed by atoms with Crippen molar-refractivity contribution < 1.29 is 12.8 Å². The fourth-order valence-electron chi connectivity index (χ4n) is 1.54. The van der Waals surface area contributed by atoms with Crippen molar-refractivity contribution >= 4 is 37.1 Å². The van der Waals surface area contributed by atoms with Gasteiger partial charge in [-0.25, -0.2) is 17.9 Å². The average Bonchev–Trinajstić information content (AvgIpc) is 2.62. The maximum absolute atomic E-state index is 12.0. The highest BCUT2D eigenvalue weighted by Gasteiger charge is 2.16. The van der Waals surface area contributed by atoms with E-state index in [-0.39, 0.29) is 17.0 Å². The van der Waals surface area contributed by atoms with Gasteiger partial charge in [-0.3, -0.25) is 4.57 Å². The third-order valence-electron chi connectivity index (χ3n) is 2.53. The molecule has 0 unspecified atom stereocenters. The molecule has 2 aromatic rings. The van der Waals surface area contributed by atoms with Crippen LogP contribution < -0.4 is 10.5 Å². The monoisotopic (exact) mass is 346 g/mol. The number of benzene rings is 1. The van der Waals surface area contributed by atoms with E-state index in [1.54, 1.807) is 7.05 Å². The molecular formula is C11H11BrN2O4S. The summed E-state index contributed by atoms with van der Waals surface area (Å²) in [7, 11) is -2.11. The Balaban J connectivity index is 2.46. The molecule has 0 radical (unpaired) electrons. The van der Waals surface area contributed by atoms with Crippen molar-refractivity contribution in [2.24, 2.45) is 7.05 Å². The van der Waals surface area contributed by atoms with Gasteiger partial charge in [0, 0.05) is 24.1 Å². The van der Waals surface area contributed by atoms with Crippen molar-refractivity contribution in [2.75, 3.05) is 6.54 Å². The molecule has 1 heterocycles. The lowest BCUT2D eigenvalue weighted by Crippen LogP contribution is -2.24. The van der Waals surface area contributed by atoms with E-state index in [9.17, 15) is 13.2 Å². The maximum atomic E-state index is 12.0. The average molecular weight is 347 g/mol. The second-order valence-corrected chi connectivity index (χ2v) is 6.79. The summed E-state index contributed by atoms with van der Waals surface area (Å²) in [5, 5.41) is 0. The van der Waals surface area contributed by atoms with Crippen molar-refractivity contribution in [1.29, 1.82) is 0 Å². The van der Waals surface area contributed by atoms with Crippen molar-refractivity contribution in [3.8, 4) is 0 Å². The molecule has 0 aliphatic heterocycles. The van der Waals surface area contributed by atoms with Crippen LogP contribution in [-0.4, -0.2) is 19.5 Å². The van der Waals surface area contributed by atoms with Crippen LogP contribution in [0, 0.1) is 0 Å². The van der Waals surface area contributed by atoms with Crippen LogP contribution in [0.25, 0.3) is 11.1 Å². The van der Waals surface area contributed by atoms with Crippen LogP contribution in [0.3, 0.4) is 0 Å². The van der Waals surface area contributed by atoms with Crippen LogP contribution >= 0.6 is 15.9 Å². The summed E-state index contributed by atoms with van der Waals surface area (Å²) in [6.07, 6.45) is 0. The van der Waals surface area contributed by atoms with Gasteiger partial charge >= 0.3 is 5.76 Å². The molecule has 0 saturated carbocycles. The Labute approximate surface area is 117 Å². The standard InChI is InChI=1S/C11H11BrN2O4S/c1-7(12)6-13-19(16,17)8-3-4-9-10(5-8)18-11(15)14(9)2/h3-5,13H,1,6H2,2H3. The Morgan fingerprint density at radius 3 is 2.84 bits per heavy atom. The van der Waals surface area contributed by atoms with E-state index in [4.69, 9.17) is 4.42 Å². The molecule has 0 bridgehead atoms. The van der Waals surface area contributed by atoms with Gasteiger partial charge in [-0.05, 0) is 12.1 Å². The summed E-state index contributed by atoms with van der Waals surface area (Å²) >= 11 is 3.07. The first-order valence-electron chi connectivity index (χ1n) is 5.24. The molecule has 8 heteroatoms. The van der Waals surface area contributed by atoms with E-state index in [1.165, 1.54) is 22.8 Å². The zero-order chi connectivity index (χ0) is 14.2. The lowest BCUT2D eigenvalue weighted by atomic mass is 10.3. The number of fused-ring (bicyclic) bond motifs is 1. The van der Waals surface area contributed by atoms with Crippen LogP contribution in [0.4, 0.5) is 0 Å². The summed E-state index contributed by atoms with van der Waals surface area (Å²) in [4.78, 5) is 11.4. The molecule has 0 fully saturated rings. The van der Waals surface area contributed by atoms with Gasteiger partial charge in [0.2, 0.25) is 10.0 Å². The van der Waals surface area contributed by atoms with Crippen molar-refractivity contribution in [3.63, 3.8) is 0 Å². The number of aryl methyl sites for hydroxylation is 1. The van der Waals surface area contributed by atoms with Gasteiger partial charge in [0.1, 0.15) is 0 Å². The van der Waals surface area contributed by atoms with Gasteiger partial charge in [-0.15, -0.1) is 0 Å². The van der Waals surface area contributed by atoms with Crippen LogP contribution in [0.15, 0.2) is 43.4 Å². The topological polar surface area (TPSA) is 81.3 Å². The molecule has 0 atom stereocenters. The molecule has 1 N–H and O–H groups in total. The number of hydrogen-bond acceptors (Lipinski definition) is 4. The Kier molecular flexibility index (Phi) is 3.66.